The molecule has 1 N–H and O–H groups in total. The number of nitrogens with one attached hydrogen (secondary N) is 1. The molecule has 0 radical (unpaired) electrons. The Morgan fingerprint density at radius 3 is 1.94 bits per heavy atom. The largest absolute Gasteiger partial charge is 0.483 e. The maximum Gasteiger partial charge on any atom is 0.276 e. The van der Waals surface area contributed by atoms with Crippen LogP contribution in [0.25, 0.3) is 0 Å². The minimum atomic E-state index is -0.264. The van der Waals surface area contributed by atoms with Crippen LogP contribution < -0.4 is 14.8 Å². The first kappa shape index (κ1) is 20.3. The van der Waals surface area contributed by atoms with Crippen LogP contribution in [0.3, 0.4) is 0 Å². The Kier molecular flexibility index (Phi) is 6.70. The van der Waals surface area contributed by atoms with E-state index < -0.39 is 0 Å². The molecular formula is C25H22FN3O2. The number of ether oxygens (including phenoxy) is 2. The molecule has 0 aliphatic rings. The van der Waals surface area contributed by atoms with Crippen LogP contribution in [0.4, 0.5) is 10.2 Å². The molecule has 0 amide bonds. The third-order valence-corrected chi connectivity index (χ3v) is 4.57. The Labute approximate surface area is 180 Å². The van der Waals surface area contributed by atoms with E-state index in [9.17, 15) is 4.39 Å². The van der Waals surface area contributed by atoms with Crippen molar-refractivity contribution in [3.63, 3.8) is 0 Å². The zero-order valence-electron chi connectivity index (χ0n) is 16.9. The lowest BCUT2D eigenvalue weighted by Crippen LogP contribution is -2.07. The summed E-state index contributed by atoms with van der Waals surface area (Å²) in [6.45, 7) is 1.22. The van der Waals surface area contributed by atoms with Gasteiger partial charge in [-0.15, -0.1) is 10.2 Å². The van der Waals surface area contributed by atoms with Crippen LogP contribution in [0.1, 0.15) is 16.7 Å². The van der Waals surface area contributed by atoms with Gasteiger partial charge in [-0.3, -0.25) is 0 Å². The topological polar surface area (TPSA) is 56.3 Å². The van der Waals surface area contributed by atoms with Gasteiger partial charge in [-0.2, -0.15) is 0 Å². The Morgan fingerprint density at radius 2 is 1.29 bits per heavy atom. The van der Waals surface area contributed by atoms with Crippen molar-refractivity contribution in [2.75, 3.05) is 5.32 Å². The van der Waals surface area contributed by atoms with Gasteiger partial charge in [0.05, 0.1) is 0 Å². The Morgan fingerprint density at radius 1 is 0.677 bits per heavy atom. The summed E-state index contributed by atoms with van der Waals surface area (Å²) in [5, 5.41) is 11.6. The Hall–Kier alpha value is -3.93. The van der Waals surface area contributed by atoms with Gasteiger partial charge >= 0.3 is 0 Å². The second-order valence-corrected chi connectivity index (χ2v) is 6.93. The lowest BCUT2D eigenvalue weighted by atomic mass is 10.2. The van der Waals surface area contributed by atoms with Gasteiger partial charge in [0.15, 0.2) is 11.6 Å². The number of anilines is 1. The van der Waals surface area contributed by atoms with Gasteiger partial charge in [-0.25, -0.2) is 4.39 Å². The molecule has 1 heterocycles. The minimum absolute atomic E-state index is 0.264. The highest BCUT2D eigenvalue weighted by Gasteiger charge is 2.11. The van der Waals surface area contributed by atoms with E-state index in [-0.39, 0.29) is 5.82 Å². The summed E-state index contributed by atoms with van der Waals surface area (Å²) in [5.74, 6) is 1.10. The molecule has 6 heteroatoms. The van der Waals surface area contributed by atoms with Gasteiger partial charge in [0.25, 0.3) is 5.88 Å². The summed E-state index contributed by atoms with van der Waals surface area (Å²) < 4.78 is 25.0. The molecule has 0 saturated carbocycles. The van der Waals surface area contributed by atoms with E-state index in [1.54, 1.807) is 18.2 Å². The normalized spacial score (nSPS) is 10.5. The SMILES string of the molecule is Fc1ccc(CNc2cc(OCc3ccccc3)c(OCc3ccccc3)nn2)cc1. The molecule has 0 atom stereocenters. The third kappa shape index (κ3) is 6.02. The number of hydrogen-bond acceptors (Lipinski definition) is 5. The molecule has 3 aromatic carbocycles. The highest BCUT2D eigenvalue weighted by Crippen LogP contribution is 2.28. The van der Waals surface area contributed by atoms with Gasteiger partial charge in [-0.1, -0.05) is 72.8 Å². The molecule has 4 rings (SSSR count). The van der Waals surface area contributed by atoms with E-state index in [0.29, 0.717) is 37.2 Å². The smallest absolute Gasteiger partial charge is 0.276 e. The highest BCUT2D eigenvalue weighted by molar-refractivity contribution is 5.45. The molecule has 0 unspecified atom stereocenters. The first-order chi connectivity index (χ1) is 15.3. The number of hydrogen-bond donors (Lipinski definition) is 1. The maximum atomic E-state index is 13.1. The first-order valence-corrected chi connectivity index (χ1v) is 9.96. The average Bonchev–Trinajstić information content (AvgIpc) is 2.83. The molecule has 4 aromatic rings. The Balaban J connectivity index is 1.48. The van der Waals surface area contributed by atoms with Crippen molar-refractivity contribution >= 4 is 5.82 Å². The van der Waals surface area contributed by atoms with E-state index in [1.807, 2.05) is 60.7 Å². The van der Waals surface area contributed by atoms with Gasteiger partial charge < -0.3 is 14.8 Å². The van der Waals surface area contributed by atoms with Gasteiger partial charge in [0.1, 0.15) is 19.0 Å². The van der Waals surface area contributed by atoms with Crippen LogP contribution in [-0.2, 0) is 19.8 Å². The monoisotopic (exact) mass is 415 g/mol. The van der Waals surface area contributed by atoms with Crippen LogP contribution in [-0.4, -0.2) is 10.2 Å². The van der Waals surface area contributed by atoms with Crippen LogP contribution in [0.15, 0.2) is 91.0 Å². The first-order valence-electron chi connectivity index (χ1n) is 9.96. The second-order valence-electron chi connectivity index (χ2n) is 6.93. The number of halogens is 1. The summed E-state index contributed by atoms with van der Waals surface area (Å²) in [6.07, 6.45) is 0. The van der Waals surface area contributed by atoms with Crippen LogP contribution in [0, 0.1) is 5.82 Å². The van der Waals surface area contributed by atoms with Crippen molar-refractivity contribution < 1.29 is 13.9 Å². The quantitative estimate of drug-likeness (QED) is 0.397. The van der Waals surface area contributed by atoms with Crippen molar-refractivity contribution in [1.29, 1.82) is 0 Å². The van der Waals surface area contributed by atoms with E-state index >= 15 is 0 Å². The molecule has 0 aliphatic heterocycles. The van der Waals surface area contributed by atoms with Crippen LogP contribution >= 0.6 is 0 Å². The molecule has 0 saturated heterocycles. The lowest BCUT2D eigenvalue weighted by Gasteiger charge is -2.13. The van der Waals surface area contributed by atoms with Crippen molar-refractivity contribution in [3.05, 3.63) is 114 Å². The van der Waals surface area contributed by atoms with Crippen LogP contribution in [0.2, 0.25) is 0 Å². The van der Waals surface area contributed by atoms with Crippen molar-refractivity contribution in [1.82, 2.24) is 10.2 Å². The van der Waals surface area contributed by atoms with Crippen molar-refractivity contribution in [3.8, 4) is 11.6 Å². The summed E-state index contributed by atoms with van der Waals surface area (Å²) in [4.78, 5) is 0. The number of aromatic nitrogens is 2. The molecule has 31 heavy (non-hydrogen) atoms. The fraction of sp³-hybridized carbons (Fsp3) is 0.120. The molecule has 0 bridgehead atoms. The summed E-state index contributed by atoms with van der Waals surface area (Å²) in [5.41, 5.74) is 2.99. The number of nitrogens with zero attached hydrogens (tertiary/aromatic N) is 2. The predicted octanol–water partition coefficient (Wildman–Crippen LogP) is 5.39. The summed E-state index contributed by atoms with van der Waals surface area (Å²) in [7, 11) is 0. The summed E-state index contributed by atoms with van der Waals surface area (Å²) in [6, 6.07) is 27.8. The van der Waals surface area contributed by atoms with Crippen molar-refractivity contribution in [2.45, 2.75) is 19.8 Å². The van der Waals surface area contributed by atoms with Gasteiger partial charge in [-0.05, 0) is 28.8 Å². The molecule has 1 aromatic heterocycles. The maximum absolute atomic E-state index is 13.1. The average molecular weight is 415 g/mol. The zero-order chi connectivity index (χ0) is 21.3. The number of benzene rings is 3. The molecule has 5 nitrogen and oxygen atoms in total. The van der Waals surface area contributed by atoms with E-state index in [4.69, 9.17) is 9.47 Å². The van der Waals surface area contributed by atoms with E-state index in [0.717, 1.165) is 16.7 Å². The minimum Gasteiger partial charge on any atom is -0.483 e. The molecule has 0 aliphatic carbocycles. The van der Waals surface area contributed by atoms with Gasteiger partial charge in [0, 0.05) is 12.6 Å². The van der Waals surface area contributed by atoms with Gasteiger partial charge in [0.2, 0.25) is 0 Å². The summed E-state index contributed by atoms with van der Waals surface area (Å²) >= 11 is 0. The molecule has 0 fully saturated rings. The standard InChI is InChI=1S/C25H22FN3O2/c26-22-13-11-19(12-14-22)16-27-24-15-23(30-17-20-7-3-1-4-8-20)25(29-28-24)31-18-21-9-5-2-6-10-21/h1-15H,16-18H2,(H,27,28). The molecular weight excluding hydrogens is 393 g/mol. The fourth-order valence-corrected chi connectivity index (χ4v) is 2.91. The predicted molar refractivity (Wildman–Crippen MR) is 117 cm³/mol. The van der Waals surface area contributed by atoms with Crippen molar-refractivity contribution in [2.24, 2.45) is 0 Å². The third-order valence-electron chi connectivity index (χ3n) is 4.57. The number of rotatable bonds is 9. The fourth-order valence-electron chi connectivity index (χ4n) is 2.91. The van der Waals surface area contributed by atoms with E-state index in [1.165, 1.54) is 12.1 Å². The Bertz CT molecular complexity index is 1090. The lowest BCUT2D eigenvalue weighted by molar-refractivity contribution is 0.244. The van der Waals surface area contributed by atoms with Crippen LogP contribution in [0.5, 0.6) is 11.6 Å². The highest BCUT2D eigenvalue weighted by atomic mass is 19.1. The zero-order valence-corrected chi connectivity index (χ0v) is 16.9. The molecule has 156 valence electrons. The second kappa shape index (κ2) is 10.2. The molecule has 0 spiro atoms. The van der Waals surface area contributed by atoms with E-state index in [2.05, 4.69) is 15.5 Å².